The number of amides is 1. The van der Waals surface area contributed by atoms with Crippen LogP contribution in [0.2, 0.25) is 0 Å². The third-order valence-corrected chi connectivity index (χ3v) is 3.12. The fraction of sp³-hybridized carbons (Fsp3) is 0.250. The summed E-state index contributed by atoms with van der Waals surface area (Å²) in [6.07, 6.45) is 0. The lowest BCUT2D eigenvalue weighted by molar-refractivity contribution is 0.0785. The first-order chi connectivity index (χ1) is 9.99. The topological polar surface area (TPSA) is 68.5 Å². The van der Waals surface area contributed by atoms with E-state index in [1.54, 1.807) is 31.2 Å². The van der Waals surface area contributed by atoms with Crippen molar-refractivity contribution in [3.8, 4) is 5.75 Å². The molecule has 110 valence electrons. The average molecular weight is 285 g/mol. The second kappa shape index (κ2) is 6.26. The van der Waals surface area contributed by atoms with Gasteiger partial charge in [-0.05, 0) is 36.8 Å². The Morgan fingerprint density at radius 1 is 1.33 bits per heavy atom. The Morgan fingerprint density at radius 3 is 2.76 bits per heavy atom. The Kier molecular flexibility index (Phi) is 4.42. The van der Waals surface area contributed by atoms with Crippen molar-refractivity contribution in [2.75, 3.05) is 19.9 Å². The van der Waals surface area contributed by atoms with Crippen LogP contribution in [0.15, 0.2) is 36.4 Å². The number of ether oxygens (including phenoxy) is 1. The van der Waals surface area contributed by atoms with Crippen molar-refractivity contribution in [1.29, 1.82) is 0 Å². The highest BCUT2D eigenvalue weighted by atomic mass is 16.5. The molecule has 0 bridgehead atoms. The highest BCUT2D eigenvalue weighted by Crippen LogP contribution is 2.16. The highest BCUT2D eigenvalue weighted by molar-refractivity contribution is 5.94. The predicted molar refractivity (Wildman–Crippen MR) is 82.2 cm³/mol. The molecule has 0 radical (unpaired) electrons. The molecule has 0 spiro atoms. The van der Waals surface area contributed by atoms with E-state index in [1.807, 2.05) is 31.2 Å². The summed E-state index contributed by atoms with van der Waals surface area (Å²) in [5.41, 5.74) is 7.97. The molecule has 0 aliphatic rings. The number of aryl methyl sites for hydroxylation is 1. The summed E-state index contributed by atoms with van der Waals surface area (Å²) in [5.74, 6) is 1.04. The second-order valence-corrected chi connectivity index (χ2v) is 4.93. The largest absolute Gasteiger partial charge is 0.497 e. The van der Waals surface area contributed by atoms with Crippen molar-refractivity contribution >= 4 is 11.7 Å². The Hall–Kier alpha value is -2.56. The van der Waals surface area contributed by atoms with Crippen LogP contribution in [0.3, 0.4) is 0 Å². The van der Waals surface area contributed by atoms with Gasteiger partial charge in [0.15, 0.2) is 0 Å². The molecule has 0 unspecified atom stereocenters. The maximum atomic E-state index is 12.4. The molecule has 5 heteroatoms. The van der Waals surface area contributed by atoms with Gasteiger partial charge in [-0.15, -0.1) is 0 Å². The molecule has 2 N–H and O–H groups in total. The van der Waals surface area contributed by atoms with Crippen molar-refractivity contribution in [2.45, 2.75) is 13.5 Å². The SMILES string of the molecule is COc1cccc(CN(C)C(=O)c2cc(C)nc(N)c2)c1. The zero-order valence-electron chi connectivity index (χ0n) is 12.5. The van der Waals surface area contributed by atoms with Gasteiger partial charge in [0.2, 0.25) is 0 Å². The normalized spacial score (nSPS) is 10.2. The van der Waals surface area contributed by atoms with Crippen LogP contribution in [0, 0.1) is 6.92 Å². The molecule has 0 saturated carbocycles. The number of anilines is 1. The molecule has 0 aliphatic carbocycles. The molecule has 21 heavy (non-hydrogen) atoms. The first-order valence-electron chi connectivity index (χ1n) is 6.62. The van der Waals surface area contributed by atoms with Crippen LogP contribution >= 0.6 is 0 Å². The number of aromatic nitrogens is 1. The third kappa shape index (κ3) is 3.72. The number of benzene rings is 1. The van der Waals surface area contributed by atoms with Gasteiger partial charge in [0.1, 0.15) is 11.6 Å². The minimum Gasteiger partial charge on any atom is -0.497 e. The van der Waals surface area contributed by atoms with Crippen LogP contribution in [0.1, 0.15) is 21.6 Å². The van der Waals surface area contributed by atoms with Crippen molar-refractivity contribution in [2.24, 2.45) is 0 Å². The number of hydrogen-bond acceptors (Lipinski definition) is 4. The Morgan fingerprint density at radius 2 is 2.10 bits per heavy atom. The molecule has 1 amide bonds. The van der Waals surface area contributed by atoms with E-state index in [9.17, 15) is 4.79 Å². The number of rotatable bonds is 4. The minimum atomic E-state index is -0.0879. The van der Waals surface area contributed by atoms with Gasteiger partial charge in [-0.1, -0.05) is 12.1 Å². The summed E-state index contributed by atoms with van der Waals surface area (Å²) in [6.45, 7) is 2.31. The molecule has 2 rings (SSSR count). The zero-order valence-corrected chi connectivity index (χ0v) is 12.5. The van der Waals surface area contributed by atoms with E-state index in [-0.39, 0.29) is 5.91 Å². The number of nitrogen functional groups attached to an aromatic ring is 1. The predicted octanol–water partition coefficient (Wildman–Crippen LogP) is 2.25. The molecule has 1 aromatic carbocycles. The fourth-order valence-corrected chi connectivity index (χ4v) is 2.15. The van der Waals surface area contributed by atoms with Gasteiger partial charge < -0.3 is 15.4 Å². The molecule has 0 fully saturated rings. The molecular formula is C16H19N3O2. The molecule has 2 aromatic rings. The third-order valence-electron chi connectivity index (χ3n) is 3.12. The molecule has 5 nitrogen and oxygen atoms in total. The number of carbonyl (C=O) groups is 1. The summed E-state index contributed by atoms with van der Waals surface area (Å²) in [6, 6.07) is 11.0. The number of nitrogens with two attached hydrogens (primary N) is 1. The maximum absolute atomic E-state index is 12.4. The molecule has 1 aromatic heterocycles. The van der Waals surface area contributed by atoms with E-state index in [0.29, 0.717) is 17.9 Å². The van der Waals surface area contributed by atoms with Crippen LogP contribution < -0.4 is 10.5 Å². The van der Waals surface area contributed by atoms with E-state index < -0.39 is 0 Å². The Balaban J connectivity index is 2.15. The number of hydrogen-bond donors (Lipinski definition) is 1. The van der Waals surface area contributed by atoms with Gasteiger partial charge >= 0.3 is 0 Å². The van der Waals surface area contributed by atoms with Crippen molar-refractivity contribution in [1.82, 2.24) is 9.88 Å². The van der Waals surface area contributed by atoms with E-state index in [1.165, 1.54) is 0 Å². The summed E-state index contributed by atoms with van der Waals surface area (Å²) >= 11 is 0. The molecular weight excluding hydrogens is 266 g/mol. The highest BCUT2D eigenvalue weighted by Gasteiger charge is 2.13. The van der Waals surface area contributed by atoms with Crippen LogP contribution in [0.25, 0.3) is 0 Å². The summed E-state index contributed by atoms with van der Waals surface area (Å²) in [5, 5.41) is 0. The number of methoxy groups -OCH3 is 1. The van der Waals surface area contributed by atoms with E-state index >= 15 is 0 Å². The lowest BCUT2D eigenvalue weighted by Gasteiger charge is -2.18. The Bertz CT molecular complexity index is 635. The van der Waals surface area contributed by atoms with E-state index in [0.717, 1.165) is 17.0 Å². The molecule has 0 saturated heterocycles. The van der Waals surface area contributed by atoms with Crippen molar-refractivity contribution in [3.05, 3.63) is 53.2 Å². The van der Waals surface area contributed by atoms with E-state index in [4.69, 9.17) is 10.5 Å². The minimum absolute atomic E-state index is 0.0879. The molecule has 0 aliphatic heterocycles. The first-order valence-corrected chi connectivity index (χ1v) is 6.62. The van der Waals surface area contributed by atoms with E-state index in [2.05, 4.69) is 4.98 Å². The second-order valence-electron chi connectivity index (χ2n) is 4.93. The van der Waals surface area contributed by atoms with Crippen molar-refractivity contribution < 1.29 is 9.53 Å². The summed E-state index contributed by atoms with van der Waals surface area (Å²) in [4.78, 5) is 18.1. The van der Waals surface area contributed by atoms with Gasteiger partial charge in [0, 0.05) is 24.8 Å². The first kappa shape index (κ1) is 14.8. The maximum Gasteiger partial charge on any atom is 0.254 e. The van der Waals surface area contributed by atoms with Crippen molar-refractivity contribution in [3.63, 3.8) is 0 Å². The zero-order chi connectivity index (χ0) is 15.4. The quantitative estimate of drug-likeness (QED) is 0.935. The van der Waals surface area contributed by atoms with Crippen LogP contribution in [-0.2, 0) is 6.54 Å². The van der Waals surface area contributed by atoms with Gasteiger partial charge in [-0.3, -0.25) is 4.79 Å². The van der Waals surface area contributed by atoms with Crippen LogP contribution in [0.4, 0.5) is 5.82 Å². The number of pyridine rings is 1. The standard InChI is InChI=1S/C16H19N3O2/c1-11-7-13(9-15(17)18-11)16(20)19(2)10-12-5-4-6-14(8-12)21-3/h4-9H,10H2,1-3H3,(H2,17,18). The number of carbonyl (C=O) groups excluding carboxylic acids is 1. The Labute approximate surface area is 124 Å². The van der Waals surface area contributed by atoms with Gasteiger partial charge in [-0.25, -0.2) is 4.98 Å². The summed E-state index contributed by atoms with van der Waals surface area (Å²) in [7, 11) is 3.38. The van der Waals surface area contributed by atoms with Crippen LogP contribution in [0.5, 0.6) is 5.75 Å². The fourth-order valence-electron chi connectivity index (χ4n) is 2.15. The van der Waals surface area contributed by atoms with Gasteiger partial charge in [0.25, 0.3) is 5.91 Å². The lowest BCUT2D eigenvalue weighted by atomic mass is 10.1. The number of nitrogens with zero attached hydrogens (tertiary/aromatic N) is 2. The molecule has 1 heterocycles. The van der Waals surface area contributed by atoms with Gasteiger partial charge in [-0.2, -0.15) is 0 Å². The molecule has 0 atom stereocenters. The monoisotopic (exact) mass is 285 g/mol. The average Bonchev–Trinajstić information content (AvgIpc) is 2.45. The van der Waals surface area contributed by atoms with Gasteiger partial charge in [0.05, 0.1) is 7.11 Å². The summed E-state index contributed by atoms with van der Waals surface area (Å²) < 4.78 is 5.18. The van der Waals surface area contributed by atoms with Crippen LogP contribution in [-0.4, -0.2) is 29.9 Å². The lowest BCUT2D eigenvalue weighted by Crippen LogP contribution is -2.26. The smallest absolute Gasteiger partial charge is 0.254 e.